The van der Waals surface area contributed by atoms with E-state index in [9.17, 15) is 4.79 Å². The highest BCUT2D eigenvalue weighted by Gasteiger charge is 2.12. The second-order valence-corrected chi connectivity index (χ2v) is 6.40. The van der Waals surface area contributed by atoms with Crippen LogP contribution in [0.15, 0.2) is 73.3 Å². The summed E-state index contributed by atoms with van der Waals surface area (Å²) in [4.78, 5) is 12.6. The molecule has 0 unspecified atom stereocenters. The average molecular weight is 389 g/mol. The van der Waals surface area contributed by atoms with Crippen LogP contribution in [0.1, 0.15) is 21.5 Å². The van der Waals surface area contributed by atoms with E-state index in [0.29, 0.717) is 34.3 Å². The van der Waals surface area contributed by atoms with Gasteiger partial charge in [0.1, 0.15) is 11.5 Å². The highest BCUT2D eigenvalue weighted by molar-refractivity contribution is 6.04. The van der Waals surface area contributed by atoms with Gasteiger partial charge in [-0.05, 0) is 48.9 Å². The number of rotatable bonds is 7. The quantitative estimate of drug-likeness (QED) is 0.556. The van der Waals surface area contributed by atoms with Crippen molar-refractivity contribution in [1.29, 1.82) is 0 Å². The maximum atomic E-state index is 12.6. The lowest BCUT2D eigenvalue weighted by atomic mass is 10.1. The Kier molecular flexibility index (Phi) is 6.19. The van der Waals surface area contributed by atoms with Crippen LogP contribution in [-0.2, 0) is 0 Å². The number of methoxy groups -OCH3 is 2. The first kappa shape index (κ1) is 20.0. The smallest absolute Gasteiger partial charge is 0.255 e. The van der Waals surface area contributed by atoms with Gasteiger partial charge in [-0.2, -0.15) is 0 Å². The first-order valence-electron chi connectivity index (χ1n) is 9.08. The van der Waals surface area contributed by atoms with Crippen LogP contribution in [0, 0.1) is 6.92 Å². The molecule has 0 spiro atoms. The molecule has 3 aromatic rings. The molecule has 0 atom stereocenters. The molecule has 0 saturated heterocycles. The zero-order valence-corrected chi connectivity index (χ0v) is 16.7. The summed E-state index contributed by atoms with van der Waals surface area (Å²) in [7, 11) is 3.08. The Balaban J connectivity index is 1.72. The number of benzene rings is 3. The van der Waals surface area contributed by atoms with Crippen molar-refractivity contribution in [1.82, 2.24) is 0 Å². The van der Waals surface area contributed by atoms with E-state index < -0.39 is 0 Å². The number of nitrogens with one attached hydrogen (secondary N) is 1. The van der Waals surface area contributed by atoms with Crippen LogP contribution >= 0.6 is 0 Å². The third-order valence-corrected chi connectivity index (χ3v) is 4.41. The normalized spacial score (nSPS) is 10.2. The molecule has 3 aromatic carbocycles. The van der Waals surface area contributed by atoms with Crippen molar-refractivity contribution in [2.24, 2.45) is 0 Å². The summed E-state index contributed by atoms with van der Waals surface area (Å²) >= 11 is 0. The van der Waals surface area contributed by atoms with Gasteiger partial charge in [-0.15, -0.1) is 0 Å². The van der Waals surface area contributed by atoms with Gasteiger partial charge in [0.05, 0.1) is 14.2 Å². The zero-order valence-electron chi connectivity index (χ0n) is 16.7. The monoisotopic (exact) mass is 389 g/mol. The fourth-order valence-electron chi connectivity index (χ4n) is 2.84. The number of hydrogen-bond donors (Lipinski definition) is 1. The van der Waals surface area contributed by atoms with Crippen LogP contribution in [-0.4, -0.2) is 20.1 Å². The molecule has 0 saturated carbocycles. The number of carbonyl (C=O) groups is 1. The summed E-state index contributed by atoms with van der Waals surface area (Å²) in [6, 6.07) is 20.2. The molecule has 5 heteroatoms. The molecule has 1 N–H and O–H groups in total. The third-order valence-electron chi connectivity index (χ3n) is 4.41. The van der Waals surface area contributed by atoms with Crippen LogP contribution in [0.3, 0.4) is 0 Å². The minimum atomic E-state index is -0.243. The van der Waals surface area contributed by atoms with Gasteiger partial charge in [0, 0.05) is 16.8 Å². The Morgan fingerprint density at radius 3 is 2.17 bits per heavy atom. The fourth-order valence-corrected chi connectivity index (χ4v) is 2.84. The summed E-state index contributed by atoms with van der Waals surface area (Å²) in [6.45, 7) is 5.90. The Bertz CT molecular complexity index is 1030. The molecule has 0 aromatic heterocycles. The summed E-state index contributed by atoms with van der Waals surface area (Å²) in [6.07, 6.45) is 0. The first-order valence-corrected chi connectivity index (χ1v) is 9.08. The Morgan fingerprint density at radius 1 is 0.828 bits per heavy atom. The van der Waals surface area contributed by atoms with E-state index in [1.54, 1.807) is 31.4 Å². The first-order chi connectivity index (χ1) is 14.0. The zero-order chi connectivity index (χ0) is 20.8. The Labute approximate surface area is 170 Å². The maximum Gasteiger partial charge on any atom is 0.255 e. The lowest BCUT2D eigenvalue weighted by Crippen LogP contribution is -2.12. The van der Waals surface area contributed by atoms with Crippen LogP contribution < -0.4 is 19.5 Å². The maximum absolute atomic E-state index is 12.6. The Morgan fingerprint density at radius 2 is 1.52 bits per heavy atom. The summed E-state index contributed by atoms with van der Waals surface area (Å²) in [5, 5.41) is 2.89. The molecule has 0 heterocycles. The van der Waals surface area contributed by atoms with E-state index in [0.717, 1.165) is 11.1 Å². The molecule has 29 heavy (non-hydrogen) atoms. The van der Waals surface area contributed by atoms with Crippen LogP contribution in [0.2, 0.25) is 0 Å². The van der Waals surface area contributed by atoms with Crippen molar-refractivity contribution in [3.63, 3.8) is 0 Å². The van der Waals surface area contributed by atoms with E-state index in [2.05, 4.69) is 11.9 Å². The SMILES string of the molecule is C=C(Oc1ccc(NC(=O)c2ccc(OC)c(OC)c2)cc1C)c1ccccc1. The van der Waals surface area contributed by atoms with Gasteiger partial charge in [0.2, 0.25) is 0 Å². The van der Waals surface area contributed by atoms with Crippen molar-refractivity contribution in [2.75, 3.05) is 19.5 Å². The molecule has 1 amide bonds. The predicted molar refractivity (Wildman–Crippen MR) is 115 cm³/mol. The average Bonchev–Trinajstić information content (AvgIpc) is 2.75. The second kappa shape index (κ2) is 8.97. The van der Waals surface area contributed by atoms with Crippen molar-refractivity contribution in [2.45, 2.75) is 6.92 Å². The number of anilines is 1. The molecule has 148 valence electrons. The van der Waals surface area contributed by atoms with Crippen LogP contribution in [0.4, 0.5) is 5.69 Å². The lowest BCUT2D eigenvalue weighted by molar-refractivity contribution is 0.102. The highest BCUT2D eigenvalue weighted by Crippen LogP contribution is 2.29. The molecule has 0 radical (unpaired) electrons. The third kappa shape index (κ3) is 4.76. The molecule has 5 nitrogen and oxygen atoms in total. The molecule has 0 bridgehead atoms. The topological polar surface area (TPSA) is 56.8 Å². The molecule has 0 aliphatic heterocycles. The van der Waals surface area contributed by atoms with Crippen LogP contribution in [0.5, 0.6) is 17.2 Å². The summed E-state index contributed by atoms with van der Waals surface area (Å²) in [5.41, 5.74) is 2.93. The number of carbonyl (C=O) groups excluding carboxylic acids is 1. The molecule has 3 rings (SSSR count). The minimum absolute atomic E-state index is 0.243. The molecule has 0 aliphatic carbocycles. The lowest BCUT2D eigenvalue weighted by Gasteiger charge is -2.13. The highest BCUT2D eigenvalue weighted by atomic mass is 16.5. The van der Waals surface area contributed by atoms with E-state index in [1.807, 2.05) is 49.4 Å². The Hall–Kier alpha value is -3.73. The molecule has 0 aliphatic rings. The van der Waals surface area contributed by atoms with E-state index >= 15 is 0 Å². The number of ether oxygens (including phenoxy) is 3. The van der Waals surface area contributed by atoms with Gasteiger partial charge in [-0.25, -0.2) is 0 Å². The van der Waals surface area contributed by atoms with Gasteiger partial charge in [0.15, 0.2) is 11.5 Å². The van der Waals surface area contributed by atoms with Crippen molar-refractivity contribution >= 4 is 17.4 Å². The number of amides is 1. The number of hydrogen-bond acceptors (Lipinski definition) is 4. The standard InChI is InChI=1S/C24H23NO4/c1-16-14-20(11-13-21(16)29-17(2)18-8-6-5-7-9-18)25-24(26)19-10-12-22(27-3)23(15-19)28-4/h5-15H,2H2,1,3-4H3,(H,25,26). The van der Waals surface area contributed by atoms with Crippen molar-refractivity contribution in [3.8, 4) is 17.2 Å². The van der Waals surface area contributed by atoms with E-state index in [4.69, 9.17) is 14.2 Å². The largest absolute Gasteiger partial charge is 0.493 e. The van der Waals surface area contributed by atoms with Crippen molar-refractivity contribution in [3.05, 3.63) is 90.0 Å². The van der Waals surface area contributed by atoms with Gasteiger partial charge in [-0.1, -0.05) is 36.9 Å². The van der Waals surface area contributed by atoms with Crippen LogP contribution in [0.25, 0.3) is 5.76 Å². The molecular weight excluding hydrogens is 366 g/mol. The second-order valence-electron chi connectivity index (χ2n) is 6.40. The summed E-state index contributed by atoms with van der Waals surface area (Å²) in [5.74, 6) is 2.08. The summed E-state index contributed by atoms with van der Waals surface area (Å²) < 4.78 is 16.4. The molecule has 0 fully saturated rings. The fraction of sp³-hybridized carbons (Fsp3) is 0.125. The predicted octanol–water partition coefficient (Wildman–Crippen LogP) is 5.31. The van der Waals surface area contributed by atoms with E-state index in [1.165, 1.54) is 7.11 Å². The van der Waals surface area contributed by atoms with E-state index in [-0.39, 0.29) is 5.91 Å². The van der Waals surface area contributed by atoms with Gasteiger partial charge in [-0.3, -0.25) is 4.79 Å². The van der Waals surface area contributed by atoms with Gasteiger partial charge >= 0.3 is 0 Å². The number of aryl methyl sites for hydroxylation is 1. The van der Waals surface area contributed by atoms with Gasteiger partial charge in [0.25, 0.3) is 5.91 Å². The van der Waals surface area contributed by atoms with Crippen molar-refractivity contribution < 1.29 is 19.0 Å². The molecular formula is C24H23NO4. The minimum Gasteiger partial charge on any atom is -0.493 e. The van der Waals surface area contributed by atoms with Gasteiger partial charge < -0.3 is 19.5 Å².